The van der Waals surface area contributed by atoms with Crippen LogP contribution in [0.1, 0.15) is 32.6 Å². The van der Waals surface area contributed by atoms with Crippen LogP contribution in [-0.2, 0) is 0 Å². The molecular formula is C11H19N5. The van der Waals surface area contributed by atoms with E-state index in [0.717, 1.165) is 18.2 Å². The van der Waals surface area contributed by atoms with E-state index < -0.39 is 0 Å². The summed E-state index contributed by atoms with van der Waals surface area (Å²) in [6, 6.07) is 2.38. The molecule has 5 heteroatoms. The molecule has 1 atom stereocenters. The minimum Gasteiger partial charge on any atom is -0.367 e. The Morgan fingerprint density at radius 3 is 3.00 bits per heavy atom. The zero-order valence-corrected chi connectivity index (χ0v) is 9.61. The largest absolute Gasteiger partial charge is 0.367 e. The van der Waals surface area contributed by atoms with E-state index in [1.165, 1.54) is 19.3 Å². The summed E-state index contributed by atoms with van der Waals surface area (Å²) >= 11 is 0. The van der Waals surface area contributed by atoms with Crippen LogP contribution in [0.3, 0.4) is 0 Å². The SMILES string of the molecule is CCC(CC1CC1)Nc1ccnc(NN)n1. The van der Waals surface area contributed by atoms with E-state index in [2.05, 4.69) is 27.6 Å². The lowest BCUT2D eigenvalue weighted by molar-refractivity contribution is 0.585. The van der Waals surface area contributed by atoms with Crippen molar-refractivity contribution >= 4 is 11.8 Å². The molecule has 1 aliphatic carbocycles. The van der Waals surface area contributed by atoms with Gasteiger partial charge in [0.25, 0.3) is 0 Å². The molecule has 0 aromatic carbocycles. The van der Waals surface area contributed by atoms with Gasteiger partial charge in [-0.1, -0.05) is 19.8 Å². The molecule has 1 saturated carbocycles. The lowest BCUT2D eigenvalue weighted by Crippen LogP contribution is -2.20. The van der Waals surface area contributed by atoms with Gasteiger partial charge < -0.3 is 5.32 Å². The van der Waals surface area contributed by atoms with Gasteiger partial charge in [0, 0.05) is 12.2 Å². The Labute approximate surface area is 95.8 Å². The van der Waals surface area contributed by atoms with E-state index in [9.17, 15) is 0 Å². The van der Waals surface area contributed by atoms with Crippen LogP contribution in [-0.4, -0.2) is 16.0 Å². The van der Waals surface area contributed by atoms with Crippen LogP contribution in [0.4, 0.5) is 11.8 Å². The van der Waals surface area contributed by atoms with Gasteiger partial charge in [0.2, 0.25) is 5.95 Å². The van der Waals surface area contributed by atoms with Crippen LogP contribution in [0.25, 0.3) is 0 Å². The smallest absolute Gasteiger partial charge is 0.239 e. The fraction of sp³-hybridized carbons (Fsp3) is 0.636. The molecule has 16 heavy (non-hydrogen) atoms. The maximum absolute atomic E-state index is 5.27. The molecule has 0 amide bonds. The highest BCUT2D eigenvalue weighted by atomic mass is 15.3. The van der Waals surface area contributed by atoms with Crippen molar-refractivity contribution in [3.63, 3.8) is 0 Å². The van der Waals surface area contributed by atoms with Gasteiger partial charge in [-0.3, -0.25) is 5.43 Å². The molecule has 0 radical (unpaired) electrons. The van der Waals surface area contributed by atoms with Crippen LogP contribution in [0, 0.1) is 5.92 Å². The quantitative estimate of drug-likeness (QED) is 0.504. The van der Waals surface area contributed by atoms with E-state index in [4.69, 9.17) is 5.84 Å². The van der Waals surface area contributed by atoms with Crippen LogP contribution in [0.2, 0.25) is 0 Å². The summed E-state index contributed by atoms with van der Waals surface area (Å²) in [6.07, 6.45) is 6.83. The maximum Gasteiger partial charge on any atom is 0.239 e. The van der Waals surface area contributed by atoms with E-state index in [1.54, 1.807) is 6.20 Å². The second-order valence-corrected chi connectivity index (χ2v) is 4.34. The first kappa shape index (κ1) is 11.1. The topological polar surface area (TPSA) is 75.9 Å². The molecule has 1 fully saturated rings. The van der Waals surface area contributed by atoms with Gasteiger partial charge in [0.05, 0.1) is 0 Å². The monoisotopic (exact) mass is 221 g/mol. The van der Waals surface area contributed by atoms with Crippen molar-refractivity contribution in [1.29, 1.82) is 0 Å². The first-order chi connectivity index (χ1) is 7.81. The predicted molar refractivity (Wildman–Crippen MR) is 64.9 cm³/mol. The van der Waals surface area contributed by atoms with Gasteiger partial charge in [-0.05, 0) is 24.8 Å². The Hall–Kier alpha value is -1.36. The van der Waals surface area contributed by atoms with Gasteiger partial charge in [-0.25, -0.2) is 10.8 Å². The standard InChI is InChI=1S/C11H19N5/c1-2-9(7-8-3-4-8)14-10-5-6-13-11(15-10)16-12/h5-6,8-9H,2-4,7,12H2,1H3,(H2,13,14,15,16). The Morgan fingerprint density at radius 1 is 1.56 bits per heavy atom. The van der Waals surface area contributed by atoms with Crippen LogP contribution >= 0.6 is 0 Å². The minimum atomic E-state index is 0.450. The molecule has 0 aliphatic heterocycles. The van der Waals surface area contributed by atoms with Gasteiger partial charge in [0.1, 0.15) is 5.82 Å². The average molecular weight is 221 g/mol. The summed E-state index contributed by atoms with van der Waals surface area (Å²) in [6.45, 7) is 2.20. The number of nitrogens with zero attached hydrogens (tertiary/aromatic N) is 2. The average Bonchev–Trinajstić information content (AvgIpc) is 3.12. The lowest BCUT2D eigenvalue weighted by atomic mass is 10.1. The van der Waals surface area contributed by atoms with Crippen molar-refractivity contribution in [3.8, 4) is 0 Å². The number of nitrogens with one attached hydrogen (secondary N) is 2. The highest BCUT2D eigenvalue weighted by molar-refractivity contribution is 5.39. The highest BCUT2D eigenvalue weighted by Crippen LogP contribution is 2.34. The summed E-state index contributed by atoms with van der Waals surface area (Å²) in [5.74, 6) is 7.49. The molecule has 0 saturated heterocycles. The van der Waals surface area contributed by atoms with Crippen molar-refractivity contribution in [2.45, 2.75) is 38.6 Å². The Kier molecular flexibility index (Phi) is 3.56. The zero-order chi connectivity index (χ0) is 11.4. The molecular weight excluding hydrogens is 202 g/mol. The lowest BCUT2D eigenvalue weighted by Gasteiger charge is -2.17. The molecule has 2 rings (SSSR count). The van der Waals surface area contributed by atoms with Crippen LogP contribution in [0.5, 0.6) is 0 Å². The molecule has 4 N–H and O–H groups in total. The van der Waals surface area contributed by atoms with Gasteiger partial charge in [-0.2, -0.15) is 4.98 Å². The van der Waals surface area contributed by atoms with E-state index in [0.29, 0.717) is 12.0 Å². The number of anilines is 2. The number of nitrogens with two attached hydrogens (primary N) is 1. The number of hydrazine groups is 1. The number of rotatable bonds is 6. The third-order valence-corrected chi connectivity index (χ3v) is 2.94. The molecule has 0 spiro atoms. The van der Waals surface area contributed by atoms with Crippen LogP contribution < -0.4 is 16.6 Å². The molecule has 0 bridgehead atoms. The summed E-state index contributed by atoms with van der Waals surface area (Å²) in [7, 11) is 0. The summed E-state index contributed by atoms with van der Waals surface area (Å²) < 4.78 is 0. The van der Waals surface area contributed by atoms with Crippen molar-refractivity contribution in [3.05, 3.63) is 12.3 Å². The molecule has 1 unspecified atom stereocenters. The molecule has 5 nitrogen and oxygen atoms in total. The second kappa shape index (κ2) is 5.12. The van der Waals surface area contributed by atoms with Crippen LogP contribution in [0.15, 0.2) is 12.3 Å². The third-order valence-electron chi connectivity index (χ3n) is 2.94. The minimum absolute atomic E-state index is 0.450. The third kappa shape index (κ3) is 3.06. The van der Waals surface area contributed by atoms with Crippen molar-refractivity contribution < 1.29 is 0 Å². The molecule has 88 valence electrons. The van der Waals surface area contributed by atoms with Gasteiger partial charge in [0.15, 0.2) is 0 Å². The summed E-state index contributed by atoms with van der Waals surface area (Å²) in [5, 5.41) is 3.43. The number of nitrogen functional groups attached to an aromatic ring is 1. The van der Waals surface area contributed by atoms with Gasteiger partial charge in [-0.15, -0.1) is 0 Å². The Morgan fingerprint density at radius 2 is 2.38 bits per heavy atom. The summed E-state index contributed by atoms with van der Waals surface area (Å²) in [5.41, 5.74) is 2.45. The zero-order valence-electron chi connectivity index (χ0n) is 9.61. The first-order valence-electron chi connectivity index (χ1n) is 5.88. The van der Waals surface area contributed by atoms with Gasteiger partial charge >= 0.3 is 0 Å². The Balaban J connectivity index is 1.94. The van der Waals surface area contributed by atoms with E-state index in [1.807, 2.05) is 6.07 Å². The van der Waals surface area contributed by atoms with E-state index >= 15 is 0 Å². The van der Waals surface area contributed by atoms with Crippen molar-refractivity contribution in [2.24, 2.45) is 11.8 Å². The number of hydrogen-bond donors (Lipinski definition) is 3. The number of aromatic nitrogens is 2. The molecule has 1 aliphatic rings. The maximum atomic E-state index is 5.27. The first-order valence-corrected chi connectivity index (χ1v) is 5.88. The molecule has 1 heterocycles. The van der Waals surface area contributed by atoms with E-state index in [-0.39, 0.29) is 0 Å². The highest BCUT2D eigenvalue weighted by Gasteiger charge is 2.24. The Bertz CT molecular complexity index is 337. The molecule has 1 aromatic rings. The predicted octanol–water partition coefficient (Wildman–Crippen LogP) is 1.75. The number of hydrogen-bond acceptors (Lipinski definition) is 5. The van der Waals surface area contributed by atoms with Crippen molar-refractivity contribution in [1.82, 2.24) is 9.97 Å². The summed E-state index contributed by atoms with van der Waals surface area (Å²) in [4.78, 5) is 8.23. The normalized spacial score (nSPS) is 16.9. The fourth-order valence-corrected chi connectivity index (χ4v) is 1.80. The molecule has 1 aromatic heterocycles. The second-order valence-electron chi connectivity index (χ2n) is 4.34. The van der Waals surface area contributed by atoms with Crippen molar-refractivity contribution in [2.75, 3.05) is 10.7 Å². The fourth-order valence-electron chi connectivity index (χ4n) is 1.80.